The van der Waals surface area contributed by atoms with Crippen LogP contribution in [0.4, 0.5) is 0 Å². The second-order valence-electron chi connectivity index (χ2n) is 8.54. The number of rotatable bonds is 5. The first kappa shape index (κ1) is 21.8. The largest absolute Gasteiger partial charge is 0.481 e. The summed E-state index contributed by atoms with van der Waals surface area (Å²) in [5, 5.41) is 0.898. The highest BCUT2D eigenvalue weighted by molar-refractivity contribution is 5.97. The van der Waals surface area contributed by atoms with Crippen molar-refractivity contribution >= 4 is 22.7 Å². The summed E-state index contributed by atoms with van der Waals surface area (Å²) in [5.41, 5.74) is 9.91. The molecule has 2 heterocycles. The number of amides is 2. The van der Waals surface area contributed by atoms with E-state index in [0.717, 1.165) is 46.3 Å². The third kappa shape index (κ3) is 4.31. The Balaban J connectivity index is 1.46. The fraction of sp³-hybridized carbons (Fsp3) is 0.346. The number of ether oxygens (including phenoxy) is 1. The average Bonchev–Trinajstić information content (AvgIpc) is 2.80. The van der Waals surface area contributed by atoms with E-state index in [1.54, 1.807) is 6.92 Å². The number of piperidine rings is 1. The van der Waals surface area contributed by atoms with Crippen LogP contribution in [0.15, 0.2) is 48.5 Å². The van der Waals surface area contributed by atoms with Gasteiger partial charge >= 0.3 is 0 Å². The van der Waals surface area contributed by atoms with Crippen LogP contribution in [0.2, 0.25) is 0 Å². The number of carbonyl (C=O) groups excluding carboxylic acids is 2. The van der Waals surface area contributed by atoms with E-state index in [1.807, 2.05) is 67.3 Å². The number of carbonyl (C=O) groups is 2. The number of aromatic nitrogens is 1. The monoisotopic (exact) mass is 431 g/mol. The predicted molar refractivity (Wildman–Crippen MR) is 125 cm³/mol. The minimum absolute atomic E-state index is 0.0223. The summed E-state index contributed by atoms with van der Waals surface area (Å²) in [6, 6.07) is 15.4. The fourth-order valence-corrected chi connectivity index (χ4v) is 4.36. The van der Waals surface area contributed by atoms with E-state index in [1.165, 1.54) is 0 Å². The molecule has 0 aliphatic carbocycles. The number of likely N-dealkylation sites (tertiary alicyclic amines) is 1. The van der Waals surface area contributed by atoms with Crippen LogP contribution in [0.5, 0.6) is 5.75 Å². The van der Waals surface area contributed by atoms with Crippen molar-refractivity contribution in [3.8, 4) is 5.75 Å². The number of fused-ring (bicyclic) bond motifs is 1. The molecule has 6 heteroatoms. The van der Waals surface area contributed by atoms with Gasteiger partial charge in [0.15, 0.2) is 6.10 Å². The van der Waals surface area contributed by atoms with Crippen LogP contribution in [0, 0.1) is 13.8 Å². The van der Waals surface area contributed by atoms with Crippen LogP contribution in [0.1, 0.15) is 52.9 Å². The zero-order chi connectivity index (χ0) is 22.8. The molecule has 1 aromatic heterocycles. The molecule has 2 amide bonds. The molecule has 1 aliphatic rings. The highest BCUT2D eigenvalue weighted by Gasteiger charge is 2.30. The Morgan fingerprint density at radius 2 is 1.81 bits per heavy atom. The number of hydrogen-bond donors (Lipinski definition) is 1. The van der Waals surface area contributed by atoms with E-state index in [9.17, 15) is 9.59 Å². The average molecular weight is 432 g/mol. The number of benzene rings is 2. The van der Waals surface area contributed by atoms with E-state index < -0.39 is 12.0 Å². The second-order valence-corrected chi connectivity index (χ2v) is 8.54. The molecule has 32 heavy (non-hydrogen) atoms. The van der Waals surface area contributed by atoms with E-state index in [2.05, 4.69) is 0 Å². The Kier molecular flexibility index (Phi) is 6.12. The number of primary amides is 1. The van der Waals surface area contributed by atoms with Gasteiger partial charge in [-0.3, -0.25) is 14.6 Å². The number of hydrogen-bond acceptors (Lipinski definition) is 4. The lowest BCUT2D eigenvalue weighted by Crippen LogP contribution is -2.44. The minimum Gasteiger partial charge on any atom is -0.481 e. The standard InChI is InChI=1S/C26H29N3O3/c1-16-7-6-10-23(17(16)2)32-18(3)26(31)29-13-11-19(12-14-29)24-21(25(27)30)15-20-8-4-5-9-22(20)28-24/h4-10,15,18-19H,11-14H2,1-3H3,(H2,27,30). The van der Waals surface area contributed by atoms with Gasteiger partial charge < -0.3 is 15.4 Å². The van der Waals surface area contributed by atoms with Crippen LogP contribution >= 0.6 is 0 Å². The van der Waals surface area contributed by atoms with E-state index in [0.29, 0.717) is 18.7 Å². The first-order valence-corrected chi connectivity index (χ1v) is 11.1. The van der Waals surface area contributed by atoms with Crippen molar-refractivity contribution in [3.05, 3.63) is 70.9 Å². The molecule has 166 valence electrons. The number of nitrogens with two attached hydrogens (primary N) is 1. The number of para-hydroxylation sites is 1. The molecule has 1 atom stereocenters. The Labute approximate surface area is 188 Å². The molecule has 1 aliphatic heterocycles. The molecular weight excluding hydrogens is 402 g/mol. The van der Waals surface area contributed by atoms with E-state index in [-0.39, 0.29) is 11.8 Å². The normalized spacial score (nSPS) is 15.5. The van der Waals surface area contributed by atoms with Crippen LogP contribution in [-0.4, -0.2) is 40.9 Å². The molecule has 1 fully saturated rings. The third-order valence-electron chi connectivity index (χ3n) is 6.42. The van der Waals surface area contributed by atoms with Crippen molar-refractivity contribution in [2.24, 2.45) is 5.73 Å². The lowest BCUT2D eigenvalue weighted by molar-refractivity contribution is -0.139. The molecule has 0 saturated carbocycles. The highest BCUT2D eigenvalue weighted by Crippen LogP contribution is 2.31. The summed E-state index contributed by atoms with van der Waals surface area (Å²) < 4.78 is 5.99. The maximum atomic E-state index is 13.0. The lowest BCUT2D eigenvalue weighted by Gasteiger charge is -2.34. The van der Waals surface area contributed by atoms with Crippen molar-refractivity contribution in [1.29, 1.82) is 0 Å². The Morgan fingerprint density at radius 3 is 2.53 bits per heavy atom. The van der Waals surface area contributed by atoms with Crippen LogP contribution in [-0.2, 0) is 4.79 Å². The van der Waals surface area contributed by atoms with Gasteiger partial charge in [-0.15, -0.1) is 0 Å². The molecule has 4 rings (SSSR count). The minimum atomic E-state index is -0.563. The van der Waals surface area contributed by atoms with Crippen molar-refractivity contribution in [3.63, 3.8) is 0 Å². The summed E-state index contributed by atoms with van der Waals surface area (Å²) in [4.78, 5) is 31.7. The van der Waals surface area contributed by atoms with Crippen molar-refractivity contribution < 1.29 is 14.3 Å². The predicted octanol–water partition coefficient (Wildman–Crippen LogP) is 4.12. The van der Waals surface area contributed by atoms with Gasteiger partial charge in [0.05, 0.1) is 16.8 Å². The van der Waals surface area contributed by atoms with Gasteiger partial charge in [-0.25, -0.2) is 0 Å². The zero-order valence-corrected chi connectivity index (χ0v) is 18.8. The van der Waals surface area contributed by atoms with Gasteiger partial charge in [0.25, 0.3) is 11.8 Å². The second kappa shape index (κ2) is 8.99. The highest BCUT2D eigenvalue weighted by atomic mass is 16.5. The van der Waals surface area contributed by atoms with Gasteiger partial charge in [0.1, 0.15) is 5.75 Å². The van der Waals surface area contributed by atoms with Gasteiger partial charge in [-0.2, -0.15) is 0 Å². The van der Waals surface area contributed by atoms with Gasteiger partial charge in [0, 0.05) is 24.4 Å². The van der Waals surface area contributed by atoms with Crippen molar-refractivity contribution in [2.45, 2.75) is 45.6 Å². The molecule has 2 N–H and O–H groups in total. The van der Waals surface area contributed by atoms with Crippen LogP contribution in [0.3, 0.4) is 0 Å². The first-order valence-electron chi connectivity index (χ1n) is 11.1. The fourth-order valence-electron chi connectivity index (χ4n) is 4.36. The van der Waals surface area contributed by atoms with Crippen molar-refractivity contribution in [1.82, 2.24) is 9.88 Å². The van der Waals surface area contributed by atoms with Gasteiger partial charge in [0.2, 0.25) is 0 Å². The van der Waals surface area contributed by atoms with Gasteiger partial charge in [-0.05, 0) is 62.9 Å². The molecule has 6 nitrogen and oxygen atoms in total. The SMILES string of the molecule is Cc1cccc(OC(C)C(=O)N2CCC(c3nc4ccccc4cc3C(N)=O)CC2)c1C. The molecule has 0 spiro atoms. The molecule has 2 aromatic carbocycles. The molecule has 3 aromatic rings. The van der Waals surface area contributed by atoms with Crippen LogP contribution < -0.4 is 10.5 Å². The topological polar surface area (TPSA) is 85.5 Å². The maximum Gasteiger partial charge on any atom is 0.263 e. The Bertz CT molecular complexity index is 1170. The smallest absolute Gasteiger partial charge is 0.263 e. The van der Waals surface area contributed by atoms with E-state index >= 15 is 0 Å². The van der Waals surface area contributed by atoms with E-state index in [4.69, 9.17) is 15.5 Å². The number of aryl methyl sites for hydroxylation is 1. The molecule has 0 bridgehead atoms. The summed E-state index contributed by atoms with van der Waals surface area (Å²) in [6.07, 6.45) is 0.896. The maximum absolute atomic E-state index is 13.0. The summed E-state index contributed by atoms with van der Waals surface area (Å²) in [6.45, 7) is 7.01. The Hall–Kier alpha value is -3.41. The summed E-state index contributed by atoms with van der Waals surface area (Å²) in [5.74, 6) is 0.340. The molecule has 1 unspecified atom stereocenters. The van der Waals surface area contributed by atoms with Crippen LogP contribution in [0.25, 0.3) is 10.9 Å². The lowest BCUT2D eigenvalue weighted by atomic mass is 9.89. The number of pyridine rings is 1. The van der Waals surface area contributed by atoms with Gasteiger partial charge in [-0.1, -0.05) is 30.3 Å². The van der Waals surface area contributed by atoms with Crippen molar-refractivity contribution in [2.75, 3.05) is 13.1 Å². The first-order chi connectivity index (χ1) is 15.3. The summed E-state index contributed by atoms with van der Waals surface area (Å²) in [7, 11) is 0. The quantitative estimate of drug-likeness (QED) is 0.658. The molecule has 1 saturated heterocycles. The number of nitrogens with zero attached hydrogens (tertiary/aromatic N) is 2. The zero-order valence-electron chi connectivity index (χ0n) is 18.8. The summed E-state index contributed by atoms with van der Waals surface area (Å²) >= 11 is 0. The molecule has 0 radical (unpaired) electrons. The Morgan fingerprint density at radius 1 is 1.09 bits per heavy atom. The third-order valence-corrected chi connectivity index (χ3v) is 6.42. The molecular formula is C26H29N3O3.